The fourth-order valence-electron chi connectivity index (χ4n) is 3.53. The van der Waals surface area contributed by atoms with Crippen LogP contribution in [0.15, 0.2) is 82.6 Å². The molecule has 0 N–H and O–H groups in total. The number of rotatable bonds is 8. The van der Waals surface area contributed by atoms with Crippen molar-refractivity contribution in [2.75, 3.05) is 12.8 Å². The van der Waals surface area contributed by atoms with Gasteiger partial charge in [0.25, 0.3) is 5.56 Å². The van der Waals surface area contributed by atoms with E-state index in [0.717, 1.165) is 16.7 Å². The van der Waals surface area contributed by atoms with Crippen molar-refractivity contribution >= 4 is 39.2 Å². The molecule has 0 fully saturated rings. The lowest BCUT2D eigenvalue weighted by Crippen LogP contribution is -2.28. The molecule has 0 aliphatic heterocycles. The molecule has 0 radical (unpaired) electrons. The molecule has 33 heavy (non-hydrogen) atoms. The Labute approximate surface area is 201 Å². The second kappa shape index (κ2) is 10.2. The first-order valence-corrected chi connectivity index (χ1v) is 12.4. The molecule has 0 saturated heterocycles. The number of allylic oxidation sites excluding steroid dienone is 1. The Hall–Kier alpha value is -3.16. The Morgan fingerprint density at radius 2 is 1.91 bits per heavy atom. The number of aryl methyl sites for hydroxylation is 1. The first-order chi connectivity index (χ1) is 16.0. The van der Waals surface area contributed by atoms with Crippen LogP contribution in [0.1, 0.15) is 11.1 Å². The SMILES string of the molecule is C=CCn1c(SCC(=O)N(C)Cc2ccccc2)nc2scc(-c3ccc(C)cc3)c2c1=O. The average Bonchev–Trinajstić information content (AvgIpc) is 3.25. The van der Waals surface area contributed by atoms with Crippen molar-refractivity contribution in [2.24, 2.45) is 0 Å². The number of benzene rings is 2. The van der Waals surface area contributed by atoms with Gasteiger partial charge < -0.3 is 4.90 Å². The summed E-state index contributed by atoms with van der Waals surface area (Å²) in [5, 5.41) is 3.13. The van der Waals surface area contributed by atoms with E-state index in [-0.39, 0.29) is 17.2 Å². The van der Waals surface area contributed by atoms with Crippen LogP contribution in [0.2, 0.25) is 0 Å². The quantitative estimate of drug-likeness (QED) is 0.195. The molecule has 0 aliphatic rings. The van der Waals surface area contributed by atoms with Crippen molar-refractivity contribution in [2.45, 2.75) is 25.2 Å². The molecule has 4 aromatic rings. The van der Waals surface area contributed by atoms with E-state index in [1.807, 2.05) is 66.9 Å². The average molecular weight is 476 g/mol. The summed E-state index contributed by atoms with van der Waals surface area (Å²) in [5.74, 6) is 0.184. The van der Waals surface area contributed by atoms with Crippen LogP contribution in [0.3, 0.4) is 0 Å². The third-order valence-electron chi connectivity index (χ3n) is 5.35. The number of fused-ring (bicyclic) bond motifs is 1. The summed E-state index contributed by atoms with van der Waals surface area (Å²) in [6.07, 6.45) is 1.68. The Kier molecular flexibility index (Phi) is 7.11. The van der Waals surface area contributed by atoms with Gasteiger partial charge in [0.15, 0.2) is 5.16 Å². The van der Waals surface area contributed by atoms with E-state index in [2.05, 4.69) is 6.58 Å². The van der Waals surface area contributed by atoms with Crippen LogP contribution < -0.4 is 5.56 Å². The normalized spacial score (nSPS) is 11.0. The van der Waals surface area contributed by atoms with E-state index in [1.165, 1.54) is 28.7 Å². The molecule has 2 aromatic heterocycles. The highest BCUT2D eigenvalue weighted by atomic mass is 32.2. The minimum atomic E-state index is -0.107. The monoisotopic (exact) mass is 475 g/mol. The van der Waals surface area contributed by atoms with Crippen molar-refractivity contribution in [3.8, 4) is 11.1 Å². The molecule has 0 spiro atoms. The number of carbonyl (C=O) groups is 1. The number of thiophene rings is 1. The zero-order valence-corrected chi connectivity index (χ0v) is 20.3. The number of amides is 1. The second-order valence-electron chi connectivity index (χ2n) is 7.82. The van der Waals surface area contributed by atoms with Gasteiger partial charge in [-0.2, -0.15) is 0 Å². The standard InChI is InChI=1S/C26H25N3O2S2/c1-4-14-29-25(31)23-21(20-12-10-18(2)11-13-20)16-32-24(23)27-26(29)33-17-22(30)28(3)15-19-8-6-5-7-9-19/h4-13,16H,1,14-15,17H2,2-3H3. The molecule has 2 aromatic carbocycles. The summed E-state index contributed by atoms with van der Waals surface area (Å²) < 4.78 is 1.61. The molecule has 168 valence electrons. The van der Waals surface area contributed by atoms with Crippen LogP contribution in [-0.2, 0) is 17.9 Å². The molecule has 0 aliphatic carbocycles. The molecule has 2 heterocycles. The van der Waals surface area contributed by atoms with Gasteiger partial charge >= 0.3 is 0 Å². The van der Waals surface area contributed by atoms with Crippen LogP contribution in [0.4, 0.5) is 0 Å². The number of nitrogens with zero attached hydrogens (tertiary/aromatic N) is 3. The number of hydrogen-bond acceptors (Lipinski definition) is 5. The van der Waals surface area contributed by atoms with Crippen LogP contribution in [0.5, 0.6) is 0 Å². The van der Waals surface area contributed by atoms with E-state index in [1.54, 1.807) is 22.6 Å². The maximum Gasteiger partial charge on any atom is 0.263 e. The first kappa shape index (κ1) is 23.0. The minimum absolute atomic E-state index is 0.0186. The molecule has 0 atom stereocenters. The van der Waals surface area contributed by atoms with Crippen LogP contribution in [0, 0.1) is 6.92 Å². The lowest BCUT2D eigenvalue weighted by Gasteiger charge is -2.17. The maximum atomic E-state index is 13.5. The molecule has 1 amide bonds. The lowest BCUT2D eigenvalue weighted by atomic mass is 10.1. The first-order valence-electron chi connectivity index (χ1n) is 10.6. The summed E-state index contributed by atoms with van der Waals surface area (Å²) in [6, 6.07) is 18.0. The maximum absolute atomic E-state index is 13.5. The molecule has 0 bridgehead atoms. The van der Waals surface area contributed by atoms with Gasteiger partial charge in [0.05, 0.1) is 11.1 Å². The van der Waals surface area contributed by atoms with Gasteiger partial charge in [0, 0.05) is 31.1 Å². The minimum Gasteiger partial charge on any atom is -0.341 e. The zero-order chi connectivity index (χ0) is 23.4. The van der Waals surface area contributed by atoms with Crippen molar-refractivity contribution in [1.82, 2.24) is 14.5 Å². The summed E-state index contributed by atoms with van der Waals surface area (Å²) in [6.45, 7) is 6.71. The predicted octanol–water partition coefficient (Wildman–Crippen LogP) is 5.37. The lowest BCUT2D eigenvalue weighted by molar-refractivity contribution is -0.127. The summed E-state index contributed by atoms with van der Waals surface area (Å²) in [4.78, 5) is 33.3. The fraction of sp³-hybridized carbons (Fsp3) is 0.192. The highest BCUT2D eigenvalue weighted by Gasteiger charge is 2.18. The van der Waals surface area contributed by atoms with E-state index in [0.29, 0.717) is 28.5 Å². The molecule has 7 heteroatoms. The second-order valence-corrected chi connectivity index (χ2v) is 9.62. The Bertz CT molecular complexity index is 1340. The van der Waals surface area contributed by atoms with Crippen molar-refractivity contribution in [3.63, 3.8) is 0 Å². The zero-order valence-electron chi connectivity index (χ0n) is 18.7. The molecule has 4 rings (SSSR count). The number of carbonyl (C=O) groups excluding carboxylic acids is 1. The molecule has 0 unspecified atom stereocenters. The number of hydrogen-bond donors (Lipinski definition) is 0. The summed E-state index contributed by atoms with van der Waals surface area (Å²) >= 11 is 2.74. The van der Waals surface area contributed by atoms with Crippen molar-refractivity contribution in [1.29, 1.82) is 0 Å². The van der Waals surface area contributed by atoms with Gasteiger partial charge in [-0.25, -0.2) is 4.98 Å². The van der Waals surface area contributed by atoms with Gasteiger partial charge in [-0.1, -0.05) is 78.0 Å². The van der Waals surface area contributed by atoms with Gasteiger partial charge in [-0.3, -0.25) is 14.2 Å². The highest BCUT2D eigenvalue weighted by molar-refractivity contribution is 7.99. The number of aromatic nitrogens is 2. The molecule has 5 nitrogen and oxygen atoms in total. The van der Waals surface area contributed by atoms with E-state index in [4.69, 9.17) is 4.98 Å². The van der Waals surface area contributed by atoms with E-state index < -0.39 is 0 Å². The van der Waals surface area contributed by atoms with Crippen LogP contribution in [0.25, 0.3) is 21.3 Å². The highest BCUT2D eigenvalue weighted by Crippen LogP contribution is 2.32. The molecular formula is C26H25N3O2S2. The van der Waals surface area contributed by atoms with Gasteiger partial charge in [0.2, 0.25) is 5.91 Å². The van der Waals surface area contributed by atoms with Crippen LogP contribution >= 0.6 is 23.1 Å². The predicted molar refractivity (Wildman–Crippen MR) is 138 cm³/mol. The molecule has 0 saturated carbocycles. The van der Waals surface area contributed by atoms with Gasteiger partial charge in [-0.15, -0.1) is 17.9 Å². The number of thioether (sulfide) groups is 1. The topological polar surface area (TPSA) is 55.2 Å². The van der Waals surface area contributed by atoms with E-state index >= 15 is 0 Å². The van der Waals surface area contributed by atoms with Gasteiger partial charge in [0.1, 0.15) is 4.83 Å². The van der Waals surface area contributed by atoms with Gasteiger partial charge in [-0.05, 0) is 18.1 Å². The Morgan fingerprint density at radius 3 is 2.61 bits per heavy atom. The Balaban J connectivity index is 1.60. The van der Waals surface area contributed by atoms with Crippen molar-refractivity contribution < 1.29 is 4.79 Å². The fourth-order valence-corrected chi connectivity index (χ4v) is 5.47. The van der Waals surface area contributed by atoms with Crippen molar-refractivity contribution in [3.05, 3.63) is 94.1 Å². The summed E-state index contributed by atoms with van der Waals surface area (Å²) in [5.41, 5.74) is 4.02. The van der Waals surface area contributed by atoms with Crippen LogP contribution in [-0.4, -0.2) is 33.2 Å². The largest absolute Gasteiger partial charge is 0.341 e. The third kappa shape index (κ3) is 5.10. The third-order valence-corrected chi connectivity index (χ3v) is 7.18. The smallest absolute Gasteiger partial charge is 0.263 e. The molecular weight excluding hydrogens is 450 g/mol. The van der Waals surface area contributed by atoms with E-state index in [9.17, 15) is 9.59 Å². The Morgan fingerprint density at radius 1 is 1.18 bits per heavy atom. The summed E-state index contributed by atoms with van der Waals surface area (Å²) in [7, 11) is 1.79.